The Bertz CT molecular complexity index is 1110. The molecule has 0 bridgehead atoms. The summed E-state index contributed by atoms with van der Waals surface area (Å²) in [5.74, 6) is 0.230. The topological polar surface area (TPSA) is 65.7 Å². The summed E-state index contributed by atoms with van der Waals surface area (Å²) in [5, 5.41) is 4.22. The van der Waals surface area contributed by atoms with Gasteiger partial charge in [0.25, 0.3) is 0 Å². The second-order valence-corrected chi connectivity index (χ2v) is 6.90. The van der Waals surface area contributed by atoms with E-state index in [0.29, 0.717) is 23.6 Å². The van der Waals surface area contributed by atoms with Gasteiger partial charge in [-0.15, -0.1) is 0 Å². The van der Waals surface area contributed by atoms with E-state index in [9.17, 15) is 4.79 Å². The van der Waals surface area contributed by atoms with Gasteiger partial charge in [-0.05, 0) is 25.0 Å². The van der Waals surface area contributed by atoms with Crippen LogP contribution in [0.5, 0.6) is 5.75 Å². The predicted molar refractivity (Wildman–Crippen MR) is 116 cm³/mol. The zero-order valence-electron chi connectivity index (χ0n) is 16.8. The molecule has 0 N–H and O–H groups in total. The van der Waals surface area contributed by atoms with Gasteiger partial charge in [0.1, 0.15) is 17.6 Å². The zero-order chi connectivity index (χ0) is 20.8. The molecule has 1 aliphatic carbocycles. The van der Waals surface area contributed by atoms with E-state index in [1.165, 1.54) is 6.33 Å². The van der Waals surface area contributed by atoms with Crippen molar-refractivity contribution in [1.82, 2.24) is 14.6 Å². The van der Waals surface area contributed by atoms with Crippen LogP contribution in [0.2, 0.25) is 0 Å². The summed E-state index contributed by atoms with van der Waals surface area (Å²) in [6, 6.07) is 9.95. The molecule has 1 aromatic carbocycles. The molecular weight excluding hydrogens is 378 g/mol. The van der Waals surface area contributed by atoms with Gasteiger partial charge in [0.05, 0.1) is 13.2 Å². The molecule has 4 rings (SSSR count). The number of nitrogens with zero attached hydrogens (tertiary/aromatic N) is 3. The fourth-order valence-corrected chi connectivity index (χ4v) is 3.32. The van der Waals surface area contributed by atoms with Crippen LogP contribution in [0, 0.1) is 5.92 Å². The maximum Gasteiger partial charge on any atom is 0.345 e. The molecule has 1 atom stereocenters. The summed E-state index contributed by atoms with van der Waals surface area (Å²) in [4.78, 5) is 17.1. The second-order valence-electron chi connectivity index (χ2n) is 6.90. The van der Waals surface area contributed by atoms with E-state index in [0.717, 1.165) is 17.5 Å². The average Bonchev–Trinajstić information content (AvgIpc) is 3.25. The highest BCUT2D eigenvalue weighted by atomic mass is 16.5. The highest BCUT2D eigenvalue weighted by Crippen LogP contribution is 2.31. The smallest absolute Gasteiger partial charge is 0.345 e. The third-order valence-corrected chi connectivity index (χ3v) is 4.79. The first kappa shape index (κ1) is 19.6. The number of benzene rings is 1. The molecule has 0 saturated carbocycles. The zero-order valence-corrected chi connectivity index (χ0v) is 16.8. The third-order valence-electron chi connectivity index (χ3n) is 4.79. The molecule has 0 fully saturated rings. The second kappa shape index (κ2) is 9.22. The average molecular weight is 401 g/mol. The molecule has 1 aliphatic rings. The van der Waals surface area contributed by atoms with Crippen molar-refractivity contribution >= 4 is 23.8 Å². The fraction of sp³-hybridized carbons (Fsp3) is 0.208. The molecule has 2 aromatic heterocycles. The minimum absolute atomic E-state index is 0.241. The van der Waals surface area contributed by atoms with Crippen molar-refractivity contribution in [1.29, 1.82) is 0 Å². The van der Waals surface area contributed by atoms with Gasteiger partial charge in [0.15, 0.2) is 5.65 Å². The Kier molecular flexibility index (Phi) is 6.03. The number of ether oxygens (including phenoxy) is 2. The summed E-state index contributed by atoms with van der Waals surface area (Å²) >= 11 is 0. The van der Waals surface area contributed by atoms with Gasteiger partial charge < -0.3 is 9.47 Å². The summed E-state index contributed by atoms with van der Waals surface area (Å²) in [7, 11) is 0. The number of hydrogen-bond donors (Lipinski definition) is 0. The Hall–Kier alpha value is -3.67. The standard InChI is InChI=1S/C24H23N3O3/c1-2-29-24(28)21-22(30-16-19-11-7-4-8-12-19)20(15-27-23(21)25-17-26-27)14-13-18-9-5-3-6-10-18/h3-11,13-15,17,19H,2,12,16H2,1H3/b14-13+. The normalized spacial score (nSPS) is 15.7. The van der Waals surface area contributed by atoms with E-state index in [1.54, 1.807) is 11.4 Å². The SMILES string of the molecule is CCOC(=O)c1c(OCC2C=CC=CC2)c(/C=C/c2ccccc2)cn2ncnc12. The van der Waals surface area contributed by atoms with Crippen LogP contribution >= 0.6 is 0 Å². The monoisotopic (exact) mass is 401 g/mol. The predicted octanol–water partition coefficient (Wildman–Crippen LogP) is 4.59. The molecule has 0 aliphatic heterocycles. The lowest BCUT2D eigenvalue weighted by Crippen LogP contribution is -2.16. The van der Waals surface area contributed by atoms with E-state index < -0.39 is 5.97 Å². The summed E-state index contributed by atoms with van der Waals surface area (Å²) in [6.45, 7) is 2.49. The lowest BCUT2D eigenvalue weighted by molar-refractivity contribution is 0.0522. The van der Waals surface area contributed by atoms with Crippen LogP contribution < -0.4 is 4.74 Å². The van der Waals surface area contributed by atoms with Crippen LogP contribution in [-0.4, -0.2) is 33.8 Å². The van der Waals surface area contributed by atoms with E-state index in [1.807, 2.05) is 60.8 Å². The van der Waals surface area contributed by atoms with E-state index in [-0.39, 0.29) is 12.5 Å². The molecule has 2 heterocycles. The van der Waals surface area contributed by atoms with Gasteiger partial charge in [0.2, 0.25) is 0 Å². The highest BCUT2D eigenvalue weighted by Gasteiger charge is 2.24. The van der Waals surface area contributed by atoms with Crippen molar-refractivity contribution < 1.29 is 14.3 Å². The number of fused-ring (bicyclic) bond motifs is 1. The number of carbonyl (C=O) groups is 1. The van der Waals surface area contributed by atoms with Crippen molar-refractivity contribution in [3.8, 4) is 5.75 Å². The minimum atomic E-state index is -0.473. The summed E-state index contributed by atoms with van der Waals surface area (Å²) < 4.78 is 13.1. The Morgan fingerprint density at radius 1 is 1.23 bits per heavy atom. The first-order valence-electron chi connectivity index (χ1n) is 9.99. The van der Waals surface area contributed by atoms with Gasteiger partial charge in [-0.1, -0.05) is 60.7 Å². The van der Waals surface area contributed by atoms with Gasteiger partial charge in [-0.25, -0.2) is 14.3 Å². The van der Waals surface area contributed by atoms with Crippen molar-refractivity contribution in [2.45, 2.75) is 13.3 Å². The number of aromatic nitrogens is 3. The molecule has 1 unspecified atom stereocenters. The lowest BCUT2D eigenvalue weighted by Gasteiger charge is -2.18. The molecule has 0 radical (unpaired) electrons. The van der Waals surface area contributed by atoms with Gasteiger partial charge in [-0.3, -0.25) is 0 Å². The molecule has 30 heavy (non-hydrogen) atoms. The van der Waals surface area contributed by atoms with Gasteiger partial charge in [-0.2, -0.15) is 5.10 Å². The van der Waals surface area contributed by atoms with Crippen LogP contribution in [0.3, 0.4) is 0 Å². The number of esters is 1. The molecule has 0 saturated heterocycles. The first-order valence-corrected chi connectivity index (χ1v) is 9.99. The number of rotatable bonds is 7. The summed E-state index contributed by atoms with van der Waals surface area (Å²) in [5.41, 5.74) is 2.48. The number of carbonyl (C=O) groups excluding carboxylic acids is 1. The highest BCUT2D eigenvalue weighted by molar-refractivity contribution is 6.00. The lowest BCUT2D eigenvalue weighted by atomic mass is 10.0. The van der Waals surface area contributed by atoms with Crippen LogP contribution in [-0.2, 0) is 4.74 Å². The van der Waals surface area contributed by atoms with Crippen molar-refractivity contribution in [2.24, 2.45) is 5.92 Å². The number of allylic oxidation sites excluding steroid dienone is 3. The molecule has 152 valence electrons. The molecule has 0 spiro atoms. The molecule has 6 heteroatoms. The van der Waals surface area contributed by atoms with Crippen molar-refractivity contribution in [3.05, 3.63) is 83.9 Å². The molecule has 0 amide bonds. The third kappa shape index (κ3) is 4.33. The van der Waals surface area contributed by atoms with Crippen LogP contribution in [0.4, 0.5) is 0 Å². The van der Waals surface area contributed by atoms with Gasteiger partial charge >= 0.3 is 5.97 Å². The maximum absolute atomic E-state index is 12.8. The van der Waals surface area contributed by atoms with Crippen molar-refractivity contribution in [3.63, 3.8) is 0 Å². The maximum atomic E-state index is 12.8. The molecular formula is C24H23N3O3. The van der Waals surface area contributed by atoms with Gasteiger partial charge in [0, 0.05) is 17.7 Å². The molecule has 3 aromatic rings. The Labute approximate surface area is 175 Å². The van der Waals surface area contributed by atoms with E-state index in [4.69, 9.17) is 9.47 Å². The molecule has 6 nitrogen and oxygen atoms in total. The minimum Gasteiger partial charge on any atom is -0.491 e. The van der Waals surface area contributed by atoms with Crippen LogP contribution in [0.15, 0.2) is 67.2 Å². The first-order chi connectivity index (χ1) is 14.8. The Morgan fingerprint density at radius 2 is 2.10 bits per heavy atom. The summed E-state index contributed by atoms with van der Waals surface area (Å²) in [6.07, 6.45) is 16.3. The van der Waals surface area contributed by atoms with Crippen LogP contribution in [0.25, 0.3) is 17.8 Å². The number of pyridine rings is 1. The fourth-order valence-electron chi connectivity index (χ4n) is 3.32. The largest absolute Gasteiger partial charge is 0.491 e. The Balaban J connectivity index is 1.77. The number of hydrogen-bond acceptors (Lipinski definition) is 5. The van der Waals surface area contributed by atoms with Crippen LogP contribution in [0.1, 0.15) is 34.8 Å². The van der Waals surface area contributed by atoms with E-state index in [2.05, 4.69) is 22.2 Å². The van der Waals surface area contributed by atoms with Crippen molar-refractivity contribution in [2.75, 3.05) is 13.2 Å². The van der Waals surface area contributed by atoms with E-state index >= 15 is 0 Å². The Morgan fingerprint density at radius 3 is 2.87 bits per heavy atom. The quantitative estimate of drug-likeness (QED) is 0.542.